The summed E-state index contributed by atoms with van der Waals surface area (Å²) in [5.41, 5.74) is 1.18. The number of nitro benzene ring substituents is 1. The number of hydrogen-bond acceptors (Lipinski definition) is 6. The topological polar surface area (TPSA) is 102 Å². The Bertz CT molecular complexity index is 1110. The normalized spacial score (nSPS) is 11.5. The van der Waals surface area contributed by atoms with Gasteiger partial charge in [-0.25, -0.2) is 18.1 Å². The molecule has 3 rings (SSSR count). The molecule has 1 aromatic heterocycles. The number of aromatic nitrogens is 1. The van der Waals surface area contributed by atoms with E-state index in [1.807, 2.05) is 18.2 Å². The number of thiazole rings is 1. The maximum Gasteiger partial charge on any atom is 0.270 e. The average Bonchev–Trinajstić information content (AvgIpc) is 3.01. The Hall–Kier alpha value is -2.33. The minimum absolute atomic E-state index is 0.0268. The van der Waals surface area contributed by atoms with Crippen LogP contribution >= 0.6 is 22.9 Å². The Morgan fingerprint density at radius 3 is 2.67 bits per heavy atom. The lowest BCUT2D eigenvalue weighted by Gasteiger charge is -2.06. The Labute approximate surface area is 164 Å². The molecule has 140 valence electrons. The second-order valence-corrected chi connectivity index (χ2v) is 8.84. The van der Waals surface area contributed by atoms with Crippen LogP contribution in [0.3, 0.4) is 0 Å². The molecular weight excluding hydrogens is 410 g/mol. The highest BCUT2D eigenvalue weighted by Gasteiger charge is 2.19. The molecule has 2 aromatic carbocycles. The summed E-state index contributed by atoms with van der Waals surface area (Å²) in [6.45, 7) is 1.81. The van der Waals surface area contributed by atoms with Crippen molar-refractivity contribution < 1.29 is 13.3 Å². The van der Waals surface area contributed by atoms with Gasteiger partial charge in [0, 0.05) is 29.1 Å². The van der Waals surface area contributed by atoms with Gasteiger partial charge in [0.25, 0.3) is 5.69 Å². The zero-order valence-corrected chi connectivity index (χ0v) is 16.4. The van der Waals surface area contributed by atoms with E-state index in [4.69, 9.17) is 11.6 Å². The van der Waals surface area contributed by atoms with E-state index in [0.29, 0.717) is 15.7 Å². The fraction of sp³-hybridized carbons (Fsp3) is 0.118. The molecule has 7 nitrogen and oxygen atoms in total. The van der Waals surface area contributed by atoms with Gasteiger partial charge in [-0.3, -0.25) is 10.1 Å². The third-order valence-corrected chi connectivity index (χ3v) is 6.68. The van der Waals surface area contributed by atoms with E-state index in [-0.39, 0.29) is 17.1 Å². The summed E-state index contributed by atoms with van der Waals surface area (Å²) in [5, 5.41) is 12.1. The van der Waals surface area contributed by atoms with Gasteiger partial charge in [-0.15, -0.1) is 11.3 Å². The largest absolute Gasteiger partial charge is 0.270 e. The van der Waals surface area contributed by atoms with E-state index >= 15 is 0 Å². The number of non-ortho nitro benzene ring substituents is 1. The first-order chi connectivity index (χ1) is 12.8. The van der Waals surface area contributed by atoms with Gasteiger partial charge in [0.15, 0.2) is 0 Å². The number of nitrogens with one attached hydrogen (secondary N) is 1. The van der Waals surface area contributed by atoms with E-state index in [1.165, 1.54) is 29.5 Å². The van der Waals surface area contributed by atoms with Gasteiger partial charge in [-0.2, -0.15) is 0 Å². The molecule has 0 aliphatic rings. The zero-order valence-electron chi connectivity index (χ0n) is 14.0. The summed E-state index contributed by atoms with van der Waals surface area (Å²) < 4.78 is 27.4. The lowest BCUT2D eigenvalue weighted by atomic mass is 10.2. The standard InChI is InChI=1S/C17H14ClN3O4S2/c1-11-16(26-17(20-11)14-7-2-3-8-15(14)18)10-19-27(24,25)13-6-4-5-12(9-13)21(22)23/h2-9,19H,10H2,1H3. The van der Waals surface area contributed by atoms with Crippen molar-refractivity contribution in [3.63, 3.8) is 0 Å². The number of benzene rings is 2. The molecule has 0 aliphatic heterocycles. The van der Waals surface area contributed by atoms with Crippen molar-refractivity contribution in [2.75, 3.05) is 0 Å². The first-order valence-corrected chi connectivity index (χ1v) is 10.4. The van der Waals surface area contributed by atoms with Crippen molar-refractivity contribution in [3.05, 3.63) is 74.2 Å². The third kappa shape index (κ3) is 4.33. The highest BCUT2D eigenvalue weighted by atomic mass is 35.5. The van der Waals surface area contributed by atoms with Crippen molar-refractivity contribution in [2.24, 2.45) is 0 Å². The number of hydrogen-bond donors (Lipinski definition) is 1. The number of nitro groups is 1. The minimum Gasteiger partial charge on any atom is -0.258 e. The van der Waals surface area contributed by atoms with E-state index in [2.05, 4.69) is 9.71 Å². The van der Waals surface area contributed by atoms with Crippen LogP contribution in [0, 0.1) is 17.0 Å². The molecular formula is C17H14ClN3O4S2. The molecule has 0 amide bonds. The third-order valence-electron chi connectivity index (χ3n) is 3.76. The first kappa shape index (κ1) is 19.4. The first-order valence-electron chi connectivity index (χ1n) is 7.73. The van der Waals surface area contributed by atoms with Gasteiger partial charge in [-0.05, 0) is 19.1 Å². The number of halogens is 1. The highest BCUT2D eigenvalue weighted by molar-refractivity contribution is 7.89. The van der Waals surface area contributed by atoms with Crippen molar-refractivity contribution in [3.8, 4) is 10.6 Å². The van der Waals surface area contributed by atoms with Crippen LogP contribution in [0.4, 0.5) is 5.69 Å². The zero-order chi connectivity index (χ0) is 19.6. The van der Waals surface area contributed by atoms with Gasteiger partial charge in [0.2, 0.25) is 10.0 Å². The van der Waals surface area contributed by atoms with Crippen molar-refractivity contribution in [1.29, 1.82) is 0 Å². The van der Waals surface area contributed by atoms with E-state index < -0.39 is 14.9 Å². The fourth-order valence-electron chi connectivity index (χ4n) is 2.35. The molecule has 0 unspecified atom stereocenters. The lowest BCUT2D eigenvalue weighted by Crippen LogP contribution is -2.23. The average molecular weight is 424 g/mol. The van der Waals surface area contributed by atoms with Crippen molar-refractivity contribution in [2.45, 2.75) is 18.4 Å². The Morgan fingerprint density at radius 2 is 1.96 bits per heavy atom. The second-order valence-electron chi connectivity index (χ2n) is 5.59. The molecule has 10 heteroatoms. The highest BCUT2D eigenvalue weighted by Crippen LogP contribution is 2.32. The van der Waals surface area contributed by atoms with Crippen LogP contribution in [0.25, 0.3) is 10.6 Å². The van der Waals surface area contributed by atoms with Crippen LogP contribution in [-0.4, -0.2) is 18.3 Å². The van der Waals surface area contributed by atoms with Crippen LogP contribution in [0.1, 0.15) is 10.6 Å². The van der Waals surface area contributed by atoms with Gasteiger partial charge in [-0.1, -0.05) is 35.9 Å². The van der Waals surface area contributed by atoms with Crippen LogP contribution in [0.5, 0.6) is 0 Å². The fourth-order valence-corrected chi connectivity index (χ4v) is 4.80. The SMILES string of the molecule is Cc1nc(-c2ccccc2Cl)sc1CNS(=O)(=O)c1cccc([N+](=O)[O-])c1. The molecule has 1 N–H and O–H groups in total. The minimum atomic E-state index is -3.90. The molecule has 3 aromatic rings. The molecule has 1 heterocycles. The molecule has 0 bridgehead atoms. The molecule has 0 fully saturated rings. The summed E-state index contributed by atoms with van der Waals surface area (Å²) in [7, 11) is -3.90. The Morgan fingerprint density at radius 1 is 1.22 bits per heavy atom. The number of aryl methyl sites for hydroxylation is 1. The summed E-state index contributed by atoms with van der Waals surface area (Å²) in [6, 6.07) is 12.2. The molecule has 0 aliphatic carbocycles. The predicted molar refractivity (Wildman–Crippen MR) is 104 cm³/mol. The van der Waals surface area contributed by atoms with E-state index in [1.54, 1.807) is 13.0 Å². The maximum absolute atomic E-state index is 12.5. The summed E-state index contributed by atoms with van der Waals surface area (Å²) >= 11 is 7.53. The smallest absolute Gasteiger partial charge is 0.258 e. The summed E-state index contributed by atoms with van der Waals surface area (Å²) in [5.74, 6) is 0. The molecule has 27 heavy (non-hydrogen) atoms. The van der Waals surface area contributed by atoms with Crippen LogP contribution in [0.2, 0.25) is 5.02 Å². The van der Waals surface area contributed by atoms with Crippen LogP contribution < -0.4 is 4.72 Å². The van der Waals surface area contributed by atoms with Crippen molar-refractivity contribution in [1.82, 2.24) is 9.71 Å². The summed E-state index contributed by atoms with van der Waals surface area (Å²) in [4.78, 5) is 15.2. The molecule has 0 saturated heterocycles. The van der Waals surface area contributed by atoms with E-state index in [9.17, 15) is 18.5 Å². The number of nitrogens with zero attached hydrogens (tertiary/aromatic N) is 2. The number of rotatable bonds is 6. The lowest BCUT2D eigenvalue weighted by molar-refractivity contribution is -0.385. The predicted octanol–water partition coefficient (Wildman–Crippen LogP) is 4.16. The second kappa shape index (κ2) is 7.73. The molecule has 0 saturated carbocycles. The molecule has 0 spiro atoms. The quantitative estimate of drug-likeness (QED) is 0.473. The Balaban J connectivity index is 1.82. The van der Waals surface area contributed by atoms with Gasteiger partial charge in [0.05, 0.1) is 20.5 Å². The van der Waals surface area contributed by atoms with Crippen LogP contribution in [-0.2, 0) is 16.6 Å². The van der Waals surface area contributed by atoms with E-state index in [0.717, 1.165) is 16.5 Å². The van der Waals surface area contributed by atoms with Crippen molar-refractivity contribution >= 4 is 38.6 Å². The van der Waals surface area contributed by atoms with Gasteiger partial charge < -0.3 is 0 Å². The monoisotopic (exact) mass is 423 g/mol. The van der Waals surface area contributed by atoms with Crippen LogP contribution in [0.15, 0.2) is 53.4 Å². The maximum atomic E-state index is 12.5. The van der Waals surface area contributed by atoms with Gasteiger partial charge >= 0.3 is 0 Å². The Kier molecular flexibility index (Phi) is 5.56. The van der Waals surface area contributed by atoms with Gasteiger partial charge in [0.1, 0.15) is 5.01 Å². The molecule has 0 atom stereocenters. The summed E-state index contributed by atoms with van der Waals surface area (Å²) in [6.07, 6.45) is 0. The number of sulfonamides is 1. The molecule has 0 radical (unpaired) electrons.